The van der Waals surface area contributed by atoms with Crippen LogP contribution in [0.25, 0.3) is 0 Å². The molecule has 1 aliphatic heterocycles. The van der Waals surface area contributed by atoms with Gasteiger partial charge in [0.1, 0.15) is 5.37 Å². The van der Waals surface area contributed by atoms with Crippen molar-refractivity contribution in [1.29, 1.82) is 0 Å². The van der Waals surface area contributed by atoms with Gasteiger partial charge in [0.25, 0.3) is 0 Å². The van der Waals surface area contributed by atoms with Crippen molar-refractivity contribution < 1.29 is 14.4 Å². The summed E-state index contributed by atoms with van der Waals surface area (Å²) in [4.78, 5) is 35.9. The van der Waals surface area contributed by atoms with E-state index in [0.29, 0.717) is 25.6 Å². The van der Waals surface area contributed by atoms with Gasteiger partial charge in [-0.3, -0.25) is 19.7 Å². The molecular weight excluding hydrogens is 376 g/mol. The molecule has 1 amide bonds. The summed E-state index contributed by atoms with van der Waals surface area (Å²) in [5, 5.41) is 6.19. The van der Waals surface area contributed by atoms with Crippen LogP contribution >= 0.6 is 11.8 Å². The summed E-state index contributed by atoms with van der Waals surface area (Å²) in [5.74, 6) is 0.176. The topological polar surface area (TPSA) is 127 Å². The fraction of sp³-hybridized carbons (Fsp3) is 0.850. The fourth-order valence-corrected chi connectivity index (χ4v) is 4.27. The van der Waals surface area contributed by atoms with Crippen molar-refractivity contribution >= 4 is 29.2 Å². The normalized spacial score (nSPS) is 20.3. The number of hydrogen-bond acceptors (Lipinski definition) is 7. The third kappa shape index (κ3) is 9.49. The molecule has 0 aliphatic carbocycles. The summed E-state index contributed by atoms with van der Waals surface area (Å²) >= 11 is 1.65. The first-order valence-electron chi connectivity index (χ1n) is 10.5. The van der Waals surface area contributed by atoms with Gasteiger partial charge in [0, 0.05) is 24.8 Å². The first-order valence-corrected chi connectivity index (χ1v) is 11.6. The molecule has 8 heteroatoms. The molecule has 7 nitrogen and oxygen atoms in total. The average Bonchev–Trinajstić information content (AvgIpc) is 3.15. The summed E-state index contributed by atoms with van der Waals surface area (Å²) in [7, 11) is 0. The molecule has 2 unspecified atom stereocenters. The zero-order valence-electron chi connectivity index (χ0n) is 17.4. The second-order valence-corrected chi connectivity index (χ2v) is 9.01. The first-order chi connectivity index (χ1) is 13.4. The Balaban J connectivity index is 2.10. The van der Waals surface area contributed by atoms with Crippen LogP contribution in [0.2, 0.25) is 0 Å². The second-order valence-electron chi connectivity index (χ2n) is 7.87. The Morgan fingerprint density at radius 3 is 2.50 bits per heavy atom. The molecule has 0 bridgehead atoms. The van der Waals surface area contributed by atoms with Crippen molar-refractivity contribution in [3.05, 3.63) is 0 Å². The average molecular weight is 415 g/mol. The highest BCUT2D eigenvalue weighted by Crippen LogP contribution is 2.22. The third-order valence-corrected chi connectivity index (χ3v) is 6.30. The van der Waals surface area contributed by atoms with Crippen molar-refractivity contribution in [2.45, 2.75) is 82.7 Å². The summed E-state index contributed by atoms with van der Waals surface area (Å²) in [6.45, 7) is 5.09. The predicted molar refractivity (Wildman–Crippen MR) is 115 cm³/mol. The second kappa shape index (κ2) is 14.1. The van der Waals surface area contributed by atoms with Gasteiger partial charge in [-0.15, -0.1) is 11.8 Å². The minimum absolute atomic E-state index is 0.0153. The maximum Gasteiger partial charge on any atom is 0.247 e. The van der Waals surface area contributed by atoms with E-state index in [0.717, 1.165) is 44.3 Å². The van der Waals surface area contributed by atoms with Gasteiger partial charge in [0.05, 0.1) is 6.04 Å². The molecule has 28 heavy (non-hydrogen) atoms. The number of unbranched alkanes of at least 4 members (excludes halogenated alkanes) is 4. The summed E-state index contributed by atoms with van der Waals surface area (Å²) in [5.41, 5.74) is 11.2. The number of rotatable bonds is 15. The van der Waals surface area contributed by atoms with Gasteiger partial charge < -0.3 is 16.8 Å². The summed E-state index contributed by atoms with van der Waals surface area (Å²) in [6.07, 6.45) is 6.85. The van der Waals surface area contributed by atoms with E-state index in [2.05, 4.69) is 10.6 Å². The zero-order chi connectivity index (χ0) is 20.9. The van der Waals surface area contributed by atoms with Crippen LogP contribution in [0, 0.1) is 5.92 Å². The number of nitrogens with one attached hydrogen (secondary N) is 2. The maximum absolute atomic E-state index is 12.1. The van der Waals surface area contributed by atoms with Crippen LogP contribution in [0.3, 0.4) is 0 Å². The van der Waals surface area contributed by atoms with Gasteiger partial charge in [-0.05, 0) is 38.1 Å². The van der Waals surface area contributed by atoms with Gasteiger partial charge in [-0.25, -0.2) is 0 Å². The molecule has 0 saturated carbocycles. The number of Topliss-reactive ketones (excluding diaryl/α,β-unsaturated/α-hetero) is 2. The van der Waals surface area contributed by atoms with Gasteiger partial charge in [0.15, 0.2) is 5.78 Å². The van der Waals surface area contributed by atoms with Gasteiger partial charge >= 0.3 is 0 Å². The quantitative estimate of drug-likeness (QED) is 0.235. The number of thioether (sulfide) groups is 1. The number of carbonyl (C=O) groups is 3. The van der Waals surface area contributed by atoms with Gasteiger partial charge in [0.2, 0.25) is 11.7 Å². The SMILES string of the molecule is CC(C)[C@H](N)C(=O)C(=O)CCCCCC1CSC(C(=O)NCCCCCN)N1. The minimum Gasteiger partial charge on any atom is -0.354 e. The maximum atomic E-state index is 12.1. The van der Waals surface area contributed by atoms with Crippen molar-refractivity contribution in [1.82, 2.24) is 10.6 Å². The summed E-state index contributed by atoms with van der Waals surface area (Å²) in [6, 6.07) is -0.361. The van der Waals surface area contributed by atoms with Crippen molar-refractivity contribution in [2.75, 3.05) is 18.8 Å². The van der Waals surface area contributed by atoms with Gasteiger partial charge in [-0.1, -0.05) is 33.1 Å². The van der Waals surface area contributed by atoms with Crippen LogP contribution in [0.1, 0.15) is 65.2 Å². The Bertz CT molecular complexity index is 502. The van der Waals surface area contributed by atoms with E-state index in [1.165, 1.54) is 0 Å². The number of carbonyl (C=O) groups excluding carboxylic acids is 3. The number of ketones is 2. The van der Waals surface area contributed by atoms with E-state index in [9.17, 15) is 14.4 Å². The molecule has 1 rings (SSSR count). The van der Waals surface area contributed by atoms with E-state index in [4.69, 9.17) is 11.5 Å². The van der Waals surface area contributed by atoms with Crippen LogP contribution in [0.4, 0.5) is 0 Å². The van der Waals surface area contributed by atoms with Crippen LogP contribution in [-0.2, 0) is 14.4 Å². The predicted octanol–water partition coefficient (Wildman–Crippen LogP) is 1.33. The lowest BCUT2D eigenvalue weighted by atomic mass is 9.96. The van der Waals surface area contributed by atoms with E-state index in [-0.39, 0.29) is 29.4 Å². The minimum atomic E-state index is -0.684. The molecule has 1 fully saturated rings. The number of amides is 1. The molecule has 1 aliphatic rings. The number of nitrogens with two attached hydrogens (primary N) is 2. The van der Waals surface area contributed by atoms with Crippen molar-refractivity contribution in [2.24, 2.45) is 17.4 Å². The molecule has 162 valence electrons. The lowest BCUT2D eigenvalue weighted by Gasteiger charge is -2.14. The van der Waals surface area contributed by atoms with Crippen LogP contribution in [0.15, 0.2) is 0 Å². The first kappa shape index (κ1) is 25.1. The van der Waals surface area contributed by atoms with Crippen molar-refractivity contribution in [3.8, 4) is 0 Å². The Morgan fingerprint density at radius 1 is 1.11 bits per heavy atom. The van der Waals surface area contributed by atoms with E-state index in [1.54, 1.807) is 11.8 Å². The van der Waals surface area contributed by atoms with E-state index >= 15 is 0 Å². The Hall–Kier alpha value is -0.960. The highest BCUT2D eigenvalue weighted by molar-refractivity contribution is 8.00. The molecule has 3 atom stereocenters. The molecule has 0 aromatic carbocycles. The largest absolute Gasteiger partial charge is 0.354 e. The lowest BCUT2D eigenvalue weighted by molar-refractivity contribution is -0.137. The molecule has 0 radical (unpaired) electrons. The molecule has 6 N–H and O–H groups in total. The van der Waals surface area contributed by atoms with Crippen molar-refractivity contribution in [3.63, 3.8) is 0 Å². The smallest absolute Gasteiger partial charge is 0.247 e. The van der Waals surface area contributed by atoms with E-state index in [1.807, 2.05) is 13.8 Å². The lowest BCUT2D eigenvalue weighted by Crippen LogP contribution is -2.42. The third-order valence-electron chi connectivity index (χ3n) is 5.02. The Kier molecular flexibility index (Phi) is 12.6. The molecule has 0 spiro atoms. The van der Waals surface area contributed by atoms with Crippen LogP contribution in [0.5, 0.6) is 0 Å². The van der Waals surface area contributed by atoms with Crippen LogP contribution in [-0.4, -0.2) is 53.8 Å². The summed E-state index contributed by atoms with van der Waals surface area (Å²) < 4.78 is 0. The highest BCUT2D eigenvalue weighted by Gasteiger charge is 2.29. The Morgan fingerprint density at radius 2 is 1.82 bits per heavy atom. The molecule has 0 aromatic rings. The molecule has 1 heterocycles. The molecular formula is C20H38N4O3S. The highest BCUT2D eigenvalue weighted by atomic mass is 32.2. The van der Waals surface area contributed by atoms with Gasteiger partial charge in [-0.2, -0.15) is 0 Å². The fourth-order valence-electron chi connectivity index (χ4n) is 3.06. The molecule has 1 saturated heterocycles. The van der Waals surface area contributed by atoms with Crippen LogP contribution < -0.4 is 22.1 Å². The standard InChI is InChI=1S/C20H38N4O3S/c1-14(2)17(22)18(26)16(25)10-6-3-5-9-15-13-28-20(24-15)19(27)23-12-8-4-7-11-21/h14-15,17,20,24H,3-13,21-22H2,1-2H3,(H,23,27)/t15?,17-,20?/m0/s1. The Labute approximate surface area is 173 Å². The number of hydrogen-bond donors (Lipinski definition) is 4. The van der Waals surface area contributed by atoms with E-state index < -0.39 is 11.8 Å². The molecule has 0 aromatic heterocycles. The zero-order valence-corrected chi connectivity index (χ0v) is 18.2. The monoisotopic (exact) mass is 414 g/mol.